The van der Waals surface area contributed by atoms with Crippen molar-refractivity contribution in [3.63, 3.8) is 0 Å². The summed E-state index contributed by atoms with van der Waals surface area (Å²) in [5.41, 5.74) is 4.70. The van der Waals surface area contributed by atoms with Crippen molar-refractivity contribution in [3.8, 4) is 0 Å². The molecule has 1 amide bonds. The van der Waals surface area contributed by atoms with Crippen LogP contribution in [0.15, 0.2) is 0 Å². The Labute approximate surface area is 57.1 Å². The third kappa shape index (κ3) is 3.34. The molecule has 0 bridgehead atoms. The number of alkyl halides is 2. The summed E-state index contributed by atoms with van der Waals surface area (Å²) >= 11 is 0. The van der Waals surface area contributed by atoms with Gasteiger partial charge in [-0.1, -0.05) is 6.92 Å². The van der Waals surface area contributed by atoms with Crippen LogP contribution in [0.5, 0.6) is 0 Å². The molecule has 0 spiro atoms. The minimum absolute atomic E-state index is 0.166. The van der Waals surface area contributed by atoms with Gasteiger partial charge in [-0.3, -0.25) is 4.79 Å². The van der Waals surface area contributed by atoms with Gasteiger partial charge in [-0.05, 0) is 6.42 Å². The quantitative estimate of drug-likeness (QED) is 0.639. The summed E-state index contributed by atoms with van der Waals surface area (Å²) in [6, 6.07) is 0. The molecule has 0 saturated heterocycles. The Bertz CT molecular complexity index is 118. The summed E-state index contributed by atoms with van der Waals surface area (Å²) in [4.78, 5) is 10.2. The van der Waals surface area contributed by atoms with Crippen LogP contribution in [-0.4, -0.2) is 18.6 Å². The molecule has 10 heavy (non-hydrogen) atoms. The molecule has 1 atom stereocenters. The predicted molar refractivity (Wildman–Crippen MR) is 30.4 cm³/mol. The summed E-state index contributed by atoms with van der Waals surface area (Å²) in [5, 5.41) is 0. The van der Waals surface area contributed by atoms with Crippen LogP contribution < -0.4 is 5.73 Å². The summed E-state index contributed by atoms with van der Waals surface area (Å²) in [6.07, 6.45) is -1.00. The van der Waals surface area contributed by atoms with E-state index in [4.69, 9.17) is 5.73 Å². The fourth-order valence-corrected chi connectivity index (χ4v) is 0.489. The standard InChI is InChI=1S/C5H9F2NO2/c1-2-3(4(8)9)10-5(6)7/h3,5H,2H2,1H3,(H2,8,9). The summed E-state index contributed by atoms with van der Waals surface area (Å²) in [5.74, 6) is -0.859. The van der Waals surface area contributed by atoms with Crippen LogP contribution in [0.1, 0.15) is 13.3 Å². The van der Waals surface area contributed by atoms with Gasteiger partial charge in [-0.25, -0.2) is 0 Å². The molecule has 0 rings (SSSR count). The average Bonchev–Trinajstić information content (AvgIpc) is 1.81. The summed E-state index contributed by atoms with van der Waals surface area (Å²) < 4.78 is 26.7. The first kappa shape index (κ1) is 9.29. The lowest BCUT2D eigenvalue weighted by Gasteiger charge is -2.09. The van der Waals surface area contributed by atoms with Gasteiger partial charge in [0.05, 0.1) is 0 Å². The van der Waals surface area contributed by atoms with Crippen molar-refractivity contribution < 1.29 is 18.3 Å². The average molecular weight is 153 g/mol. The van der Waals surface area contributed by atoms with E-state index in [1.165, 1.54) is 6.92 Å². The molecule has 0 aromatic heterocycles. The molecule has 5 heteroatoms. The van der Waals surface area contributed by atoms with E-state index < -0.39 is 18.6 Å². The van der Waals surface area contributed by atoms with Gasteiger partial charge in [0.2, 0.25) is 5.91 Å². The van der Waals surface area contributed by atoms with Crippen molar-refractivity contribution >= 4 is 5.91 Å². The number of rotatable bonds is 4. The predicted octanol–water partition coefficient (Wildman–Crippen LogP) is 0.490. The van der Waals surface area contributed by atoms with Crippen LogP contribution in [0.3, 0.4) is 0 Å². The third-order valence-electron chi connectivity index (χ3n) is 0.955. The molecule has 60 valence electrons. The maximum atomic E-state index is 11.4. The topological polar surface area (TPSA) is 52.3 Å². The molecule has 3 nitrogen and oxygen atoms in total. The number of halogens is 2. The number of primary amides is 1. The Kier molecular flexibility index (Phi) is 3.87. The number of carbonyl (C=O) groups is 1. The smallest absolute Gasteiger partial charge is 0.346 e. The molecule has 0 fully saturated rings. The molecule has 1 unspecified atom stereocenters. The first-order chi connectivity index (χ1) is 4.57. The van der Waals surface area contributed by atoms with E-state index in [1.807, 2.05) is 0 Å². The highest BCUT2D eigenvalue weighted by atomic mass is 19.3. The summed E-state index contributed by atoms with van der Waals surface area (Å²) in [7, 11) is 0. The fourth-order valence-electron chi connectivity index (χ4n) is 0.489. The monoisotopic (exact) mass is 153 g/mol. The Balaban J connectivity index is 3.72. The van der Waals surface area contributed by atoms with Crippen LogP contribution in [0.2, 0.25) is 0 Å². The van der Waals surface area contributed by atoms with Gasteiger partial charge in [0.15, 0.2) is 0 Å². The van der Waals surface area contributed by atoms with E-state index in [2.05, 4.69) is 4.74 Å². The lowest BCUT2D eigenvalue weighted by molar-refractivity contribution is -0.173. The zero-order valence-electron chi connectivity index (χ0n) is 5.51. The minimum Gasteiger partial charge on any atom is -0.367 e. The Morgan fingerprint density at radius 2 is 2.20 bits per heavy atom. The lowest BCUT2D eigenvalue weighted by Crippen LogP contribution is -2.31. The maximum Gasteiger partial charge on any atom is 0.346 e. The lowest BCUT2D eigenvalue weighted by atomic mass is 10.3. The van der Waals surface area contributed by atoms with Crippen molar-refractivity contribution in [3.05, 3.63) is 0 Å². The highest BCUT2D eigenvalue weighted by Gasteiger charge is 2.17. The van der Waals surface area contributed by atoms with Crippen LogP contribution >= 0.6 is 0 Å². The van der Waals surface area contributed by atoms with Crippen molar-refractivity contribution in [2.45, 2.75) is 26.1 Å². The second-order valence-electron chi connectivity index (χ2n) is 1.70. The van der Waals surface area contributed by atoms with Gasteiger partial charge in [0.25, 0.3) is 0 Å². The van der Waals surface area contributed by atoms with Gasteiger partial charge in [-0.15, -0.1) is 0 Å². The second-order valence-corrected chi connectivity index (χ2v) is 1.70. The first-order valence-corrected chi connectivity index (χ1v) is 2.80. The Morgan fingerprint density at radius 1 is 1.70 bits per heavy atom. The molecule has 0 aliphatic carbocycles. The number of ether oxygens (including phenoxy) is 1. The molecule has 0 aromatic rings. The van der Waals surface area contributed by atoms with E-state index in [-0.39, 0.29) is 6.42 Å². The molecule has 2 N–H and O–H groups in total. The maximum absolute atomic E-state index is 11.4. The molecular weight excluding hydrogens is 144 g/mol. The van der Waals surface area contributed by atoms with Crippen molar-refractivity contribution in [2.75, 3.05) is 0 Å². The van der Waals surface area contributed by atoms with Gasteiger partial charge < -0.3 is 10.5 Å². The van der Waals surface area contributed by atoms with Crippen molar-refractivity contribution in [1.82, 2.24) is 0 Å². The van der Waals surface area contributed by atoms with E-state index >= 15 is 0 Å². The van der Waals surface area contributed by atoms with E-state index in [9.17, 15) is 13.6 Å². The number of amides is 1. The largest absolute Gasteiger partial charge is 0.367 e. The van der Waals surface area contributed by atoms with Crippen LogP contribution in [-0.2, 0) is 9.53 Å². The number of hydrogen-bond donors (Lipinski definition) is 1. The zero-order valence-corrected chi connectivity index (χ0v) is 5.51. The van der Waals surface area contributed by atoms with E-state index in [1.54, 1.807) is 0 Å². The Morgan fingerprint density at radius 3 is 2.30 bits per heavy atom. The van der Waals surface area contributed by atoms with Gasteiger partial charge in [0, 0.05) is 0 Å². The molecule has 0 aliphatic rings. The number of hydrogen-bond acceptors (Lipinski definition) is 2. The highest BCUT2D eigenvalue weighted by Crippen LogP contribution is 2.03. The molecule has 0 saturated carbocycles. The molecule has 0 aliphatic heterocycles. The van der Waals surface area contributed by atoms with Crippen LogP contribution in [0.4, 0.5) is 8.78 Å². The van der Waals surface area contributed by atoms with E-state index in [0.29, 0.717) is 0 Å². The Hall–Kier alpha value is -0.710. The fraction of sp³-hybridized carbons (Fsp3) is 0.800. The van der Waals surface area contributed by atoms with Crippen LogP contribution in [0.25, 0.3) is 0 Å². The second kappa shape index (κ2) is 4.16. The number of carbonyl (C=O) groups excluding carboxylic acids is 1. The third-order valence-corrected chi connectivity index (χ3v) is 0.955. The van der Waals surface area contributed by atoms with Gasteiger partial charge in [0.1, 0.15) is 6.10 Å². The highest BCUT2D eigenvalue weighted by molar-refractivity contribution is 5.78. The zero-order chi connectivity index (χ0) is 8.15. The number of nitrogens with two attached hydrogens (primary N) is 1. The van der Waals surface area contributed by atoms with Crippen molar-refractivity contribution in [1.29, 1.82) is 0 Å². The first-order valence-electron chi connectivity index (χ1n) is 2.80. The van der Waals surface area contributed by atoms with Gasteiger partial charge >= 0.3 is 6.61 Å². The normalized spacial score (nSPS) is 13.6. The SMILES string of the molecule is CCC(OC(F)F)C(N)=O. The van der Waals surface area contributed by atoms with Gasteiger partial charge in [-0.2, -0.15) is 8.78 Å². The van der Waals surface area contributed by atoms with Crippen LogP contribution in [0, 0.1) is 0 Å². The molecular formula is C5H9F2NO2. The molecule has 0 heterocycles. The van der Waals surface area contributed by atoms with E-state index in [0.717, 1.165) is 0 Å². The molecule has 0 aromatic carbocycles. The summed E-state index contributed by atoms with van der Waals surface area (Å²) in [6.45, 7) is -1.39. The van der Waals surface area contributed by atoms with Crippen molar-refractivity contribution in [2.24, 2.45) is 5.73 Å². The minimum atomic E-state index is -2.93. The molecule has 0 radical (unpaired) electrons.